The highest BCUT2D eigenvalue weighted by Gasteiger charge is 2.27. The second kappa shape index (κ2) is 3.19. The Morgan fingerprint density at radius 2 is 1.75 bits per heavy atom. The molecule has 2 rings (SSSR count). The Morgan fingerprint density at radius 1 is 1.17 bits per heavy atom. The summed E-state index contributed by atoms with van der Waals surface area (Å²) in [6, 6.07) is 8.36. The Morgan fingerprint density at radius 3 is 2.25 bits per heavy atom. The Kier molecular flexibility index (Phi) is 2.20. The van der Waals surface area contributed by atoms with Crippen LogP contribution in [0.3, 0.4) is 0 Å². The first kappa shape index (κ1) is 8.27. The van der Waals surface area contributed by atoms with Crippen molar-refractivity contribution < 1.29 is 5.11 Å². The van der Waals surface area contributed by atoms with E-state index in [4.69, 9.17) is 5.11 Å². The minimum absolute atomic E-state index is 0.0568. The van der Waals surface area contributed by atoms with Crippen molar-refractivity contribution in [3.63, 3.8) is 0 Å². The molecular formula is C10H11BrO. The number of aliphatic hydroxyl groups excluding tert-OH is 1. The van der Waals surface area contributed by atoms with Gasteiger partial charge in [0.2, 0.25) is 0 Å². The van der Waals surface area contributed by atoms with Crippen molar-refractivity contribution in [3.05, 3.63) is 34.3 Å². The smallest absolute Gasteiger partial charge is 0.0552 e. The fraction of sp³-hybridized carbons (Fsp3) is 0.400. The molecule has 0 saturated heterocycles. The van der Waals surface area contributed by atoms with E-state index in [2.05, 4.69) is 40.2 Å². The quantitative estimate of drug-likeness (QED) is 0.781. The summed E-state index contributed by atoms with van der Waals surface area (Å²) in [5.74, 6) is 0.591. The molecule has 1 N–H and O–H groups in total. The van der Waals surface area contributed by atoms with Crippen LogP contribution in [0.2, 0.25) is 0 Å². The first-order chi connectivity index (χ1) is 5.75. The molecule has 1 aromatic carbocycles. The summed E-state index contributed by atoms with van der Waals surface area (Å²) < 4.78 is 1.12. The van der Waals surface area contributed by atoms with Gasteiger partial charge in [0.1, 0.15) is 0 Å². The monoisotopic (exact) mass is 226 g/mol. The number of hydrogen-bond acceptors (Lipinski definition) is 1. The molecule has 1 aliphatic carbocycles. The molecule has 1 nitrogen and oxygen atoms in total. The lowest BCUT2D eigenvalue weighted by Gasteiger charge is -2.31. The third-order valence-electron chi connectivity index (χ3n) is 2.45. The third-order valence-corrected chi connectivity index (χ3v) is 2.98. The Hall–Kier alpha value is -0.340. The van der Waals surface area contributed by atoms with Crippen LogP contribution in [0.15, 0.2) is 28.7 Å². The van der Waals surface area contributed by atoms with Crippen molar-refractivity contribution in [3.8, 4) is 0 Å². The highest BCUT2D eigenvalue weighted by atomic mass is 79.9. The molecule has 0 unspecified atom stereocenters. The lowest BCUT2D eigenvalue weighted by Crippen LogP contribution is -2.26. The third kappa shape index (κ3) is 1.54. The van der Waals surface area contributed by atoms with Gasteiger partial charge in [-0.2, -0.15) is 0 Å². The summed E-state index contributed by atoms with van der Waals surface area (Å²) in [6.07, 6.45) is 1.81. The first-order valence-electron chi connectivity index (χ1n) is 4.19. The van der Waals surface area contributed by atoms with Gasteiger partial charge in [0.25, 0.3) is 0 Å². The molecule has 0 aromatic heterocycles. The SMILES string of the molecule is O[C@H]1C[C@@H](c2ccc(Br)cc2)C1. The van der Waals surface area contributed by atoms with Crippen LogP contribution in [0.4, 0.5) is 0 Å². The van der Waals surface area contributed by atoms with Crippen molar-refractivity contribution in [2.24, 2.45) is 0 Å². The van der Waals surface area contributed by atoms with Crippen molar-refractivity contribution in [1.29, 1.82) is 0 Å². The van der Waals surface area contributed by atoms with E-state index < -0.39 is 0 Å². The zero-order valence-corrected chi connectivity index (χ0v) is 8.29. The van der Waals surface area contributed by atoms with Gasteiger partial charge in [-0.15, -0.1) is 0 Å². The minimum Gasteiger partial charge on any atom is -0.393 e. The van der Waals surface area contributed by atoms with E-state index >= 15 is 0 Å². The number of aliphatic hydroxyl groups is 1. The van der Waals surface area contributed by atoms with Gasteiger partial charge in [0, 0.05) is 4.47 Å². The summed E-state index contributed by atoms with van der Waals surface area (Å²) in [5, 5.41) is 9.12. The Balaban J connectivity index is 2.09. The summed E-state index contributed by atoms with van der Waals surface area (Å²) in [5.41, 5.74) is 1.35. The van der Waals surface area contributed by atoms with Crippen molar-refractivity contribution >= 4 is 15.9 Å². The predicted octanol–water partition coefficient (Wildman–Crippen LogP) is 2.69. The van der Waals surface area contributed by atoms with Crippen molar-refractivity contribution in [2.45, 2.75) is 24.9 Å². The van der Waals surface area contributed by atoms with E-state index in [-0.39, 0.29) is 6.10 Å². The molecule has 64 valence electrons. The lowest BCUT2D eigenvalue weighted by molar-refractivity contribution is 0.0746. The normalized spacial score (nSPS) is 28.2. The average molecular weight is 227 g/mol. The molecule has 1 aliphatic rings. The van der Waals surface area contributed by atoms with Crippen LogP contribution in [0, 0.1) is 0 Å². The minimum atomic E-state index is -0.0568. The van der Waals surface area contributed by atoms with Gasteiger partial charge in [0.15, 0.2) is 0 Å². The zero-order chi connectivity index (χ0) is 8.55. The molecule has 0 atom stereocenters. The van der Waals surface area contributed by atoms with Gasteiger partial charge >= 0.3 is 0 Å². The van der Waals surface area contributed by atoms with Gasteiger partial charge in [-0.3, -0.25) is 0 Å². The standard InChI is InChI=1S/C10H11BrO/c11-9-3-1-7(2-4-9)8-5-10(12)6-8/h1-4,8,10,12H,5-6H2/t8-,10+. The van der Waals surface area contributed by atoms with Crippen LogP contribution in [0.5, 0.6) is 0 Å². The van der Waals surface area contributed by atoms with E-state index in [0.717, 1.165) is 17.3 Å². The molecule has 1 saturated carbocycles. The zero-order valence-electron chi connectivity index (χ0n) is 6.70. The molecule has 0 bridgehead atoms. The predicted molar refractivity (Wildman–Crippen MR) is 52.1 cm³/mol. The second-order valence-electron chi connectivity index (χ2n) is 3.37. The maximum atomic E-state index is 9.12. The molecule has 12 heavy (non-hydrogen) atoms. The Bertz CT molecular complexity index is 262. The van der Waals surface area contributed by atoms with Crippen LogP contribution in [-0.2, 0) is 0 Å². The summed E-state index contributed by atoms with van der Waals surface area (Å²) >= 11 is 3.40. The van der Waals surface area contributed by atoms with Gasteiger partial charge in [-0.1, -0.05) is 28.1 Å². The summed E-state index contributed by atoms with van der Waals surface area (Å²) in [7, 11) is 0. The molecule has 0 heterocycles. The number of hydrogen-bond donors (Lipinski definition) is 1. The lowest BCUT2D eigenvalue weighted by atomic mass is 9.78. The van der Waals surface area contributed by atoms with E-state index in [9.17, 15) is 0 Å². The fourth-order valence-corrected chi connectivity index (χ4v) is 1.86. The van der Waals surface area contributed by atoms with E-state index in [1.807, 2.05) is 0 Å². The van der Waals surface area contributed by atoms with Crippen molar-refractivity contribution in [1.82, 2.24) is 0 Å². The van der Waals surface area contributed by atoms with Crippen LogP contribution in [-0.4, -0.2) is 11.2 Å². The summed E-state index contributed by atoms with van der Waals surface area (Å²) in [6.45, 7) is 0. The topological polar surface area (TPSA) is 20.2 Å². The average Bonchev–Trinajstić information content (AvgIpc) is 2.01. The molecule has 0 aliphatic heterocycles. The molecule has 0 radical (unpaired) electrons. The molecule has 0 spiro atoms. The molecule has 1 fully saturated rings. The largest absolute Gasteiger partial charge is 0.393 e. The van der Waals surface area contributed by atoms with Gasteiger partial charge in [0.05, 0.1) is 6.10 Å². The van der Waals surface area contributed by atoms with Crippen LogP contribution < -0.4 is 0 Å². The van der Waals surface area contributed by atoms with Gasteiger partial charge in [-0.05, 0) is 36.5 Å². The van der Waals surface area contributed by atoms with E-state index in [1.54, 1.807) is 0 Å². The van der Waals surface area contributed by atoms with Crippen LogP contribution >= 0.6 is 15.9 Å². The van der Waals surface area contributed by atoms with E-state index in [1.165, 1.54) is 5.56 Å². The highest BCUT2D eigenvalue weighted by molar-refractivity contribution is 9.10. The molecular weight excluding hydrogens is 216 g/mol. The van der Waals surface area contributed by atoms with Crippen LogP contribution in [0.1, 0.15) is 24.3 Å². The van der Waals surface area contributed by atoms with Crippen LogP contribution in [0.25, 0.3) is 0 Å². The molecule has 0 amide bonds. The number of benzene rings is 1. The molecule has 2 heteroatoms. The van der Waals surface area contributed by atoms with E-state index in [0.29, 0.717) is 5.92 Å². The Labute approximate surface area is 80.5 Å². The fourth-order valence-electron chi connectivity index (χ4n) is 1.59. The maximum absolute atomic E-state index is 9.12. The highest BCUT2D eigenvalue weighted by Crippen LogP contribution is 2.36. The number of halogens is 1. The molecule has 1 aromatic rings. The first-order valence-corrected chi connectivity index (χ1v) is 4.98. The van der Waals surface area contributed by atoms with Gasteiger partial charge in [-0.25, -0.2) is 0 Å². The van der Waals surface area contributed by atoms with Gasteiger partial charge < -0.3 is 5.11 Å². The maximum Gasteiger partial charge on any atom is 0.0552 e. The van der Waals surface area contributed by atoms with Crippen molar-refractivity contribution in [2.75, 3.05) is 0 Å². The number of rotatable bonds is 1. The second-order valence-corrected chi connectivity index (χ2v) is 4.29. The summed E-state index contributed by atoms with van der Waals surface area (Å²) in [4.78, 5) is 0.